The van der Waals surface area contributed by atoms with Gasteiger partial charge in [0.2, 0.25) is 0 Å². The van der Waals surface area contributed by atoms with Crippen molar-refractivity contribution in [2.75, 3.05) is 0 Å². The van der Waals surface area contributed by atoms with Crippen molar-refractivity contribution in [3.05, 3.63) is 12.2 Å². The number of allylic oxidation sites excluding steroid dienone is 1. The Morgan fingerprint density at radius 2 is 1.60 bits per heavy atom. The molecule has 0 saturated carbocycles. The molecule has 0 rings (SSSR count). The van der Waals surface area contributed by atoms with Crippen molar-refractivity contribution in [2.45, 2.75) is 65.8 Å². The molecule has 2 heteroatoms. The van der Waals surface area contributed by atoms with Crippen LogP contribution in [0.1, 0.15) is 41.5 Å². The van der Waals surface area contributed by atoms with Crippen LogP contribution in [0.4, 0.5) is 0 Å². The first kappa shape index (κ1) is 14.9. The summed E-state index contributed by atoms with van der Waals surface area (Å²) in [6.07, 6.45) is 4.65. The van der Waals surface area contributed by atoms with E-state index < -0.39 is 8.32 Å². The van der Waals surface area contributed by atoms with E-state index in [-0.39, 0.29) is 0 Å². The first-order chi connectivity index (χ1) is 6.62. The van der Waals surface area contributed by atoms with Gasteiger partial charge in [-0.3, -0.25) is 0 Å². The van der Waals surface area contributed by atoms with Gasteiger partial charge in [0.05, 0.1) is 0 Å². The van der Waals surface area contributed by atoms with Crippen LogP contribution in [-0.4, -0.2) is 14.4 Å². The van der Waals surface area contributed by atoms with Gasteiger partial charge >= 0.3 is 0 Å². The first-order valence-corrected chi connectivity index (χ1v) is 8.83. The largest absolute Gasteiger partial charge is 0.414 e. The van der Waals surface area contributed by atoms with Gasteiger partial charge in [-0.15, -0.1) is 0 Å². The van der Waals surface area contributed by atoms with Gasteiger partial charge in [-0.2, -0.15) is 0 Å². The van der Waals surface area contributed by atoms with Crippen molar-refractivity contribution in [2.24, 2.45) is 5.92 Å². The van der Waals surface area contributed by atoms with E-state index in [2.05, 4.69) is 66.8 Å². The molecule has 0 radical (unpaired) electrons. The number of hydrogen-bond donors (Lipinski definition) is 0. The van der Waals surface area contributed by atoms with E-state index in [0.717, 1.165) is 0 Å². The van der Waals surface area contributed by atoms with E-state index >= 15 is 0 Å². The maximum Gasteiger partial charge on any atom is 0.192 e. The maximum atomic E-state index is 6.30. The minimum Gasteiger partial charge on any atom is -0.414 e. The fourth-order valence-corrected chi connectivity index (χ4v) is 2.71. The average molecular weight is 228 g/mol. The Bertz CT molecular complexity index is 213. The molecule has 0 aromatic heterocycles. The zero-order valence-electron chi connectivity index (χ0n) is 11.7. The first-order valence-electron chi connectivity index (χ1n) is 5.92. The fraction of sp³-hybridized carbons (Fsp3) is 0.846. The van der Waals surface area contributed by atoms with Crippen molar-refractivity contribution in [3.63, 3.8) is 0 Å². The smallest absolute Gasteiger partial charge is 0.192 e. The molecule has 0 bridgehead atoms. The van der Waals surface area contributed by atoms with Gasteiger partial charge in [0.15, 0.2) is 8.32 Å². The maximum absolute atomic E-state index is 6.30. The van der Waals surface area contributed by atoms with E-state index in [1.54, 1.807) is 0 Å². The van der Waals surface area contributed by atoms with Crippen molar-refractivity contribution in [1.29, 1.82) is 0 Å². The second-order valence-electron chi connectivity index (χ2n) is 5.97. The Morgan fingerprint density at radius 3 is 1.93 bits per heavy atom. The minimum atomic E-state index is -1.59. The molecule has 0 aliphatic carbocycles. The number of rotatable bonds is 4. The van der Waals surface area contributed by atoms with Gasteiger partial charge in [0, 0.05) is 6.10 Å². The van der Waals surface area contributed by atoms with Crippen LogP contribution in [0.3, 0.4) is 0 Å². The van der Waals surface area contributed by atoms with E-state index in [9.17, 15) is 0 Å². The molecule has 0 saturated heterocycles. The molecule has 0 N–H and O–H groups in total. The Balaban J connectivity index is 4.46. The van der Waals surface area contributed by atoms with E-state index in [0.29, 0.717) is 17.1 Å². The predicted octanol–water partition coefficient (Wildman–Crippen LogP) is 4.61. The molecule has 15 heavy (non-hydrogen) atoms. The zero-order valence-corrected chi connectivity index (χ0v) is 12.7. The van der Waals surface area contributed by atoms with Crippen molar-refractivity contribution < 1.29 is 4.43 Å². The van der Waals surface area contributed by atoms with Crippen LogP contribution >= 0.6 is 0 Å². The molecular weight excluding hydrogens is 200 g/mol. The average Bonchev–Trinajstić information content (AvgIpc) is 2.01. The lowest BCUT2D eigenvalue weighted by atomic mass is 10.1. The van der Waals surface area contributed by atoms with Crippen LogP contribution in [0.15, 0.2) is 12.2 Å². The summed E-state index contributed by atoms with van der Waals surface area (Å²) in [4.78, 5) is 0. The molecule has 0 unspecified atom stereocenters. The molecule has 0 heterocycles. The highest BCUT2D eigenvalue weighted by molar-refractivity contribution is 6.74. The van der Waals surface area contributed by atoms with Crippen LogP contribution in [0.2, 0.25) is 18.1 Å². The van der Waals surface area contributed by atoms with Crippen LogP contribution in [0.5, 0.6) is 0 Å². The van der Waals surface area contributed by atoms with Gasteiger partial charge < -0.3 is 4.43 Å². The van der Waals surface area contributed by atoms with E-state index in [1.807, 2.05) is 0 Å². The zero-order chi connectivity index (χ0) is 12.3. The molecule has 0 aromatic carbocycles. The van der Waals surface area contributed by atoms with Crippen molar-refractivity contribution in [1.82, 2.24) is 0 Å². The SMILES string of the molecule is C/C=C\[C@H](C)[C@@H](C)O[Si](C)(C)C(C)(C)C. The van der Waals surface area contributed by atoms with E-state index in [4.69, 9.17) is 4.43 Å². The Hall–Kier alpha value is -0.0831. The highest BCUT2D eigenvalue weighted by Crippen LogP contribution is 2.38. The van der Waals surface area contributed by atoms with Crippen molar-refractivity contribution >= 4 is 8.32 Å². The van der Waals surface area contributed by atoms with Gasteiger partial charge in [0.1, 0.15) is 0 Å². The minimum absolute atomic E-state index is 0.302. The standard InChI is InChI=1S/C13H28OSi/c1-9-10-11(2)12(3)14-15(7,8)13(4,5)6/h9-12H,1-8H3/b10-9-/t11-,12+/m0/s1. The molecular formula is C13H28OSi. The van der Waals surface area contributed by atoms with Crippen LogP contribution in [-0.2, 0) is 4.43 Å². The van der Waals surface area contributed by atoms with Crippen LogP contribution in [0, 0.1) is 5.92 Å². The number of hydrogen-bond acceptors (Lipinski definition) is 1. The molecule has 1 nitrogen and oxygen atoms in total. The summed E-state index contributed by atoms with van der Waals surface area (Å²) < 4.78 is 6.30. The summed E-state index contributed by atoms with van der Waals surface area (Å²) in [7, 11) is -1.59. The Morgan fingerprint density at radius 1 is 1.13 bits per heavy atom. The second kappa shape index (κ2) is 5.31. The van der Waals surface area contributed by atoms with E-state index in [1.165, 1.54) is 0 Å². The molecule has 0 spiro atoms. The summed E-state index contributed by atoms with van der Waals surface area (Å²) in [5, 5.41) is 0.302. The lowest BCUT2D eigenvalue weighted by Crippen LogP contribution is -2.44. The Kier molecular flexibility index (Phi) is 5.28. The topological polar surface area (TPSA) is 9.23 Å². The quantitative estimate of drug-likeness (QED) is 0.504. The van der Waals surface area contributed by atoms with Crippen molar-refractivity contribution in [3.8, 4) is 0 Å². The molecule has 90 valence electrons. The highest BCUT2D eigenvalue weighted by Gasteiger charge is 2.38. The molecule has 0 fully saturated rings. The third-order valence-corrected chi connectivity index (χ3v) is 8.10. The van der Waals surface area contributed by atoms with Gasteiger partial charge in [-0.05, 0) is 37.9 Å². The summed E-state index contributed by atoms with van der Waals surface area (Å²) >= 11 is 0. The predicted molar refractivity (Wildman–Crippen MR) is 71.7 cm³/mol. The summed E-state index contributed by atoms with van der Waals surface area (Å²) in [6, 6.07) is 0. The molecule has 0 aliphatic rings. The monoisotopic (exact) mass is 228 g/mol. The summed E-state index contributed by atoms with van der Waals surface area (Å²) in [6.45, 7) is 17.9. The molecule has 0 amide bonds. The van der Waals surface area contributed by atoms with Gasteiger partial charge in [-0.25, -0.2) is 0 Å². The van der Waals surface area contributed by atoms with Crippen LogP contribution < -0.4 is 0 Å². The van der Waals surface area contributed by atoms with Gasteiger partial charge in [0.25, 0.3) is 0 Å². The second-order valence-corrected chi connectivity index (χ2v) is 10.7. The fourth-order valence-electron chi connectivity index (χ4n) is 1.21. The lowest BCUT2D eigenvalue weighted by Gasteiger charge is -2.39. The molecule has 2 atom stereocenters. The normalized spacial score (nSPS) is 18.1. The molecule has 0 aliphatic heterocycles. The summed E-state index contributed by atoms with van der Waals surface area (Å²) in [5.74, 6) is 0.504. The summed E-state index contributed by atoms with van der Waals surface area (Å²) in [5.41, 5.74) is 0. The van der Waals surface area contributed by atoms with Crippen LogP contribution in [0.25, 0.3) is 0 Å². The molecule has 0 aromatic rings. The highest BCUT2D eigenvalue weighted by atomic mass is 28.4. The third kappa shape index (κ3) is 4.52. The lowest BCUT2D eigenvalue weighted by molar-refractivity contribution is 0.164. The van der Waals surface area contributed by atoms with Gasteiger partial charge in [-0.1, -0.05) is 39.8 Å². The third-order valence-electron chi connectivity index (χ3n) is 3.52. The Labute approximate surface area is 97.0 Å².